The van der Waals surface area contributed by atoms with Crippen LogP contribution in [0.5, 0.6) is 0 Å². The molecule has 1 aliphatic heterocycles. The molecule has 0 unspecified atom stereocenters. The summed E-state index contributed by atoms with van der Waals surface area (Å²) < 4.78 is 32.5. The summed E-state index contributed by atoms with van der Waals surface area (Å²) in [5, 5.41) is 16.2. The van der Waals surface area contributed by atoms with Crippen LogP contribution < -0.4 is 4.31 Å². The van der Waals surface area contributed by atoms with Gasteiger partial charge in [-0.1, -0.05) is 29.4 Å². The number of anilines is 1. The number of rotatable bonds is 4. The molecule has 9 nitrogen and oxygen atoms in total. The van der Waals surface area contributed by atoms with Crippen LogP contribution in [0.4, 0.5) is 11.4 Å². The van der Waals surface area contributed by atoms with Gasteiger partial charge in [0.2, 0.25) is 11.7 Å². The first kappa shape index (κ1) is 17.3. The topological polar surface area (TPSA) is 119 Å². The highest BCUT2D eigenvalue weighted by atomic mass is 32.2. The zero-order chi connectivity index (χ0) is 20.2. The predicted molar refractivity (Wildman–Crippen MR) is 104 cm³/mol. The summed E-state index contributed by atoms with van der Waals surface area (Å²) >= 11 is 0. The summed E-state index contributed by atoms with van der Waals surface area (Å²) in [6, 6.07) is 16.3. The van der Waals surface area contributed by atoms with Crippen molar-refractivity contribution in [2.24, 2.45) is 0 Å². The van der Waals surface area contributed by atoms with Crippen LogP contribution in [0.2, 0.25) is 0 Å². The Labute approximate surface area is 164 Å². The number of nitro groups is 1. The van der Waals surface area contributed by atoms with E-state index in [1.165, 1.54) is 28.6 Å². The summed E-state index contributed by atoms with van der Waals surface area (Å²) in [6.07, 6.45) is 0. The summed E-state index contributed by atoms with van der Waals surface area (Å²) in [4.78, 5) is 14.8. The van der Waals surface area contributed by atoms with E-state index in [0.717, 1.165) is 5.39 Å². The Bertz CT molecular complexity index is 1370. The average molecular weight is 408 g/mol. The second-order valence-electron chi connectivity index (χ2n) is 6.46. The van der Waals surface area contributed by atoms with Crippen LogP contribution in [-0.2, 0) is 16.6 Å². The summed E-state index contributed by atoms with van der Waals surface area (Å²) in [7, 11) is -3.74. The van der Waals surface area contributed by atoms with E-state index in [2.05, 4.69) is 10.1 Å². The van der Waals surface area contributed by atoms with Crippen molar-refractivity contribution in [3.05, 3.63) is 76.7 Å². The number of sulfonamides is 1. The highest BCUT2D eigenvalue weighted by molar-refractivity contribution is 7.93. The van der Waals surface area contributed by atoms with Gasteiger partial charge in [0.1, 0.15) is 6.54 Å². The molecule has 0 N–H and O–H groups in total. The predicted octanol–water partition coefficient (Wildman–Crippen LogP) is 3.51. The summed E-state index contributed by atoms with van der Waals surface area (Å²) in [6.45, 7) is -0.115. The quantitative estimate of drug-likeness (QED) is 0.374. The SMILES string of the molecule is O=[N+]([O-])c1ccc(-c2noc(CN3c4cccc5cccc(c45)S3(=O)=O)n2)cc1. The van der Waals surface area contributed by atoms with Gasteiger partial charge < -0.3 is 4.52 Å². The van der Waals surface area contributed by atoms with Gasteiger partial charge in [0.25, 0.3) is 15.7 Å². The van der Waals surface area contributed by atoms with Crippen molar-refractivity contribution in [1.82, 2.24) is 10.1 Å². The highest BCUT2D eigenvalue weighted by Gasteiger charge is 2.36. The average Bonchev–Trinajstić information content (AvgIpc) is 3.27. The van der Waals surface area contributed by atoms with E-state index in [4.69, 9.17) is 4.52 Å². The summed E-state index contributed by atoms with van der Waals surface area (Å²) in [5.41, 5.74) is 1.04. The molecule has 1 aliphatic rings. The number of hydrogen-bond donors (Lipinski definition) is 0. The van der Waals surface area contributed by atoms with E-state index in [9.17, 15) is 18.5 Å². The van der Waals surface area contributed by atoms with Crippen LogP contribution in [0.1, 0.15) is 5.89 Å². The van der Waals surface area contributed by atoms with Gasteiger partial charge in [0.05, 0.1) is 15.5 Å². The molecular formula is C19H12N4O5S. The summed E-state index contributed by atoms with van der Waals surface area (Å²) in [5.74, 6) is 0.342. The molecule has 0 aliphatic carbocycles. The molecule has 144 valence electrons. The molecule has 0 saturated heterocycles. The lowest BCUT2D eigenvalue weighted by Crippen LogP contribution is -2.26. The third-order valence-corrected chi connectivity index (χ3v) is 6.57. The second kappa shape index (κ2) is 6.11. The van der Waals surface area contributed by atoms with Crippen molar-refractivity contribution in [2.45, 2.75) is 11.4 Å². The molecule has 0 atom stereocenters. The molecule has 10 heteroatoms. The van der Waals surface area contributed by atoms with Crippen LogP contribution in [0.25, 0.3) is 22.2 Å². The van der Waals surface area contributed by atoms with Crippen LogP contribution in [0.15, 0.2) is 70.1 Å². The van der Waals surface area contributed by atoms with E-state index in [1.54, 1.807) is 24.3 Å². The van der Waals surface area contributed by atoms with Crippen molar-refractivity contribution in [2.75, 3.05) is 4.31 Å². The smallest absolute Gasteiger partial charge is 0.269 e. The molecule has 29 heavy (non-hydrogen) atoms. The van der Waals surface area contributed by atoms with Gasteiger partial charge in [-0.3, -0.25) is 14.4 Å². The van der Waals surface area contributed by atoms with Crippen LogP contribution in [0, 0.1) is 10.1 Å². The second-order valence-corrected chi connectivity index (χ2v) is 8.29. The lowest BCUT2D eigenvalue weighted by Gasteiger charge is -2.16. The Morgan fingerprint density at radius 1 is 1.03 bits per heavy atom. The standard InChI is InChI=1S/C19H12N4O5S/c24-23(25)14-9-7-13(8-10-14)19-20-17(28-21-19)11-22-15-5-1-3-12-4-2-6-16(18(12)15)29(22,26)27/h1-10H,11H2. The first-order chi connectivity index (χ1) is 13.9. The maximum absolute atomic E-state index is 13.0. The fraction of sp³-hybridized carbons (Fsp3) is 0.0526. The minimum absolute atomic E-state index is 0.0495. The molecule has 4 aromatic rings. The van der Waals surface area contributed by atoms with Crippen molar-refractivity contribution < 1.29 is 17.9 Å². The maximum Gasteiger partial charge on any atom is 0.269 e. The lowest BCUT2D eigenvalue weighted by atomic mass is 10.1. The third kappa shape index (κ3) is 2.64. The molecule has 0 amide bonds. The zero-order valence-corrected chi connectivity index (χ0v) is 15.5. The Morgan fingerprint density at radius 3 is 2.48 bits per heavy atom. The van der Waals surface area contributed by atoms with Gasteiger partial charge in [0.15, 0.2) is 0 Å². The van der Waals surface area contributed by atoms with Crippen molar-refractivity contribution in [3.8, 4) is 11.4 Å². The van der Waals surface area contributed by atoms with E-state index in [-0.39, 0.29) is 28.8 Å². The minimum Gasteiger partial charge on any atom is -0.337 e. The monoisotopic (exact) mass is 408 g/mol. The molecule has 3 aromatic carbocycles. The molecule has 0 fully saturated rings. The molecule has 0 bridgehead atoms. The zero-order valence-electron chi connectivity index (χ0n) is 14.7. The Morgan fingerprint density at radius 2 is 1.76 bits per heavy atom. The van der Waals surface area contributed by atoms with Gasteiger partial charge in [-0.05, 0) is 29.7 Å². The molecule has 1 aromatic heterocycles. The number of non-ortho nitro benzene ring substituents is 1. The van der Waals surface area contributed by atoms with Gasteiger partial charge >= 0.3 is 0 Å². The number of benzene rings is 3. The van der Waals surface area contributed by atoms with E-state index >= 15 is 0 Å². The van der Waals surface area contributed by atoms with Crippen molar-refractivity contribution in [3.63, 3.8) is 0 Å². The van der Waals surface area contributed by atoms with Crippen molar-refractivity contribution >= 4 is 32.2 Å². The number of nitrogens with zero attached hydrogens (tertiary/aromatic N) is 4. The van der Waals surface area contributed by atoms with Gasteiger partial charge in [0, 0.05) is 23.1 Å². The molecular weight excluding hydrogens is 396 g/mol. The maximum atomic E-state index is 13.0. The first-order valence-electron chi connectivity index (χ1n) is 8.57. The third-order valence-electron chi connectivity index (χ3n) is 4.76. The Balaban J connectivity index is 1.49. The van der Waals surface area contributed by atoms with E-state index in [0.29, 0.717) is 16.6 Å². The molecule has 0 radical (unpaired) electrons. The molecule has 0 saturated carbocycles. The first-order valence-corrected chi connectivity index (χ1v) is 10.0. The lowest BCUT2D eigenvalue weighted by molar-refractivity contribution is -0.384. The van der Waals surface area contributed by atoms with Crippen LogP contribution in [-0.4, -0.2) is 23.5 Å². The van der Waals surface area contributed by atoms with Crippen LogP contribution >= 0.6 is 0 Å². The van der Waals surface area contributed by atoms with Crippen molar-refractivity contribution in [1.29, 1.82) is 0 Å². The van der Waals surface area contributed by atoms with Gasteiger partial charge in [-0.2, -0.15) is 4.98 Å². The highest BCUT2D eigenvalue weighted by Crippen LogP contribution is 2.42. The Hall–Kier alpha value is -3.79. The van der Waals surface area contributed by atoms with Gasteiger partial charge in [-0.25, -0.2) is 8.42 Å². The normalized spacial score (nSPS) is 14.4. The van der Waals surface area contributed by atoms with Gasteiger partial charge in [-0.15, -0.1) is 0 Å². The molecule has 0 spiro atoms. The largest absolute Gasteiger partial charge is 0.337 e. The molecule has 5 rings (SSSR count). The minimum atomic E-state index is -3.74. The fourth-order valence-corrected chi connectivity index (χ4v) is 5.08. The van der Waals surface area contributed by atoms with E-state index in [1.807, 2.05) is 12.1 Å². The Kier molecular flexibility index (Phi) is 3.65. The molecule has 2 heterocycles. The fourth-order valence-electron chi connectivity index (χ4n) is 3.42. The number of nitro benzene ring substituents is 1. The van der Waals surface area contributed by atoms with Crippen LogP contribution in [0.3, 0.4) is 0 Å². The van der Waals surface area contributed by atoms with E-state index < -0.39 is 14.9 Å². The number of aromatic nitrogens is 2. The number of hydrogen-bond acceptors (Lipinski definition) is 7.